The predicted octanol–water partition coefficient (Wildman–Crippen LogP) is 4.45. The van der Waals surface area contributed by atoms with Crippen molar-refractivity contribution in [3.63, 3.8) is 0 Å². The van der Waals surface area contributed by atoms with Crippen LogP contribution in [0.4, 0.5) is 0 Å². The topological polar surface area (TPSA) is 66.9 Å². The number of hydrogen-bond acceptors (Lipinski definition) is 4. The van der Waals surface area contributed by atoms with Gasteiger partial charge in [0.2, 0.25) is 10.0 Å². The van der Waals surface area contributed by atoms with Gasteiger partial charge in [-0.25, -0.2) is 8.42 Å². The Bertz CT molecular complexity index is 1020. The summed E-state index contributed by atoms with van der Waals surface area (Å²) in [5, 5.41) is 0. The summed E-state index contributed by atoms with van der Waals surface area (Å²) in [5.41, 5.74) is 1.56. The maximum atomic E-state index is 13.2. The number of ether oxygens (including phenoxy) is 1. The summed E-state index contributed by atoms with van der Waals surface area (Å²) >= 11 is 0. The van der Waals surface area contributed by atoms with E-state index in [1.165, 1.54) is 10.7 Å². The van der Waals surface area contributed by atoms with Crippen molar-refractivity contribution in [2.45, 2.75) is 68.5 Å². The van der Waals surface area contributed by atoms with Crippen molar-refractivity contribution in [2.24, 2.45) is 0 Å². The molecule has 0 aliphatic heterocycles. The quantitative estimate of drug-likeness (QED) is 0.588. The SMILES string of the molecule is COc1ccc(CN(C(=O)c2ccc(S(=O)(=O)N(C)C3CCCCC3)cc2)C2CC2)cc1. The Kier molecular flexibility index (Phi) is 6.86. The second kappa shape index (κ2) is 9.63. The lowest BCUT2D eigenvalue weighted by Gasteiger charge is -2.30. The Labute approximate surface area is 191 Å². The van der Waals surface area contributed by atoms with Crippen LogP contribution in [-0.4, -0.2) is 49.8 Å². The normalized spacial score (nSPS) is 17.3. The smallest absolute Gasteiger partial charge is 0.254 e. The van der Waals surface area contributed by atoms with Gasteiger partial charge in [0, 0.05) is 31.2 Å². The zero-order valence-electron chi connectivity index (χ0n) is 18.9. The molecule has 2 aliphatic rings. The summed E-state index contributed by atoms with van der Waals surface area (Å²) in [4.78, 5) is 15.4. The van der Waals surface area contributed by atoms with Crippen LogP contribution < -0.4 is 4.74 Å². The Morgan fingerprint density at radius 3 is 2.09 bits per heavy atom. The van der Waals surface area contributed by atoms with Crippen LogP contribution in [0.2, 0.25) is 0 Å². The molecule has 32 heavy (non-hydrogen) atoms. The summed E-state index contributed by atoms with van der Waals surface area (Å²) < 4.78 is 32.9. The Balaban J connectivity index is 1.48. The van der Waals surface area contributed by atoms with Gasteiger partial charge in [0.05, 0.1) is 12.0 Å². The van der Waals surface area contributed by atoms with Gasteiger partial charge in [-0.05, 0) is 67.6 Å². The van der Waals surface area contributed by atoms with Gasteiger partial charge in [-0.1, -0.05) is 31.4 Å². The van der Waals surface area contributed by atoms with Gasteiger partial charge in [-0.3, -0.25) is 4.79 Å². The van der Waals surface area contributed by atoms with Crippen molar-refractivity contribution in [3.05, 3.63) is 59.7 Å². The molecular weight excluding hydrogens is 424 g/mol. The fourth-order valence-corrected chi connectivity index (χ4v) is 5.84. The number of amides is 1. The van der Waals surface area contributed by atoms with E-state index in [1.807, 2.05) is 29.2 Å². The van der Waals surface area contributed by atoms with Gasteiger partial charge in [-0.2, -0.15) is 4.31 Å². The van der Waals surface area contributed by atoms with E-state index in [1.54, 1.807) is 38.4 Å². The van der Waals surface area contributed by atoms with Crippen molar-refractivity contribution < 1.29 is 17.9 Å². The van der Waals surface area contributed by atoms with E-state index in [4.69, 9.17) is 4.74 Å². The van der Waals surface area contributed by atoms with Gasteiger partial charge in [0.1, 0.15) is 5.75 Å². The first-order chi connectivity index (χ1) is 15.4. The lowest BCUT2D eigenvalue weighted by Crippen LogP contribution is -2.38. The molecule has 2 fully saturated rings. The minimum atomic E-state index is -3.56. The zero-order valence-corrected chi connectivity index (χ0v) is 19.7. The molecule has 0 aromatic heterocycles. The molecule has 7 heteroatoms. The van der Waals surface area contributed by atoms with Crippen LogP contribution in [0.25, 0.3) is 0 Å². The standard InChI is InChI=1S/C25H32N2O4S/c1-26(21-6-4-3-5-7-21)32(29,30)24-16-10-20(11-17-24)25(28)27(22-12-13-22)18-19-8-14-23(31-2)15-9-19/h8-11,14-17,21-22H,3-7,12-13,18H2,1-2H3. The highest BCUT2D eigenvalue weighted by atomic mass is 32.2. The molecule has 2 aromatic carbocycles. The molecule has 0 bridgehead atoms. The number of hydrogen-bond donors (Lipinski definition) is 0. The van der Waals surface area contributed by atoms with Crippen molar-refractivity contribution in [3.8, 4) is 5.75 Å². The van der Waals surface area contributed by atoms with Crippen molar-refractivity contribution in [1.29, 1.82) is 0 Å². The van der Waals surface area contributed by atoms with E-state index >= 15 is 0 Å². The minimum absolute atomic E-state index is 0.0601. The summed E-state index contributed by atoms with van der Waals surface area (Å²) in [5.74, 6) is 0.723. The van der Waals surface area contributed by atoms with Crippen LogP contribution in [-0.2, 0) is 16.6 Å². The van der Waals surface area contributed by atoms with Crippen LogP contribution in [0.15, 0.2) is 53.4 Å². The average molecular weight is 457 g/mol. The van der Waals surface area contributed by atoms with Gasteiger partial charge < -0.3 is 9.64 Å². The second-order valence-electron chi connectivity index (χ2n) is 8.85. The minimum Gasteiger partial charge on any atom is -0.497 e. The summed E-state index contributed by atoms with van der Waals surface area (Å²) in [7, 11) is -0.258. The number of nitrogens with zero attached hydrogens (tertiary/aromatic N) is 2. The monoisotopic (exact) mass is 456 g/mol. The lowest BCUT2D eigenvalue weighted by atomic mass is 9.96. The van der Waals surface area contributed by atoms with Gasteiger partial charge in [-0.15, -0.1) is 0 Å². The lowest BCUT2D eigenvalue weighted by molar-refractivity contribution is 0.0730. The van der Waals surface area contributed by atoms with E-state index in [0.29, 0.717) is 12.1 Å². The summed E-state index contributed by atoms with van der Waals surface area (Å²) in [6.07, 6.45) is 7.14. The molecule has 0 N–H and O–H groups in total. The molecule has 0 spiro atoms. The molecule has 2 aromatic rings. The van der Waals surface area contributed by atoms with Crippen molar-refractivity contribution in [1.82, 2.24) is 9.21 Å². The number of sulfonamides is 1. The molecule has 4 rings (SSSR count). The highest BCUT2D eigenvalue weighted by Crippen LogP contribution is 2.31. The number of carbonyl (C=O) groups is 1. The molecule has 1 amide bonds. The van der Waals surface area contributed by atoms with Crippen molar-refractivity contribution >= 4 is 15.9 Å². The molecule has 2 saturated carbocycles. The van der Waals surface area contributed by atoms with E-state index in [2.05, 4.69) is 0 Å². The van der Waals surface area contributed by atoms with E-state index < -0.39 is 10.0 Å². The Morgan fingerprint density at radius 2 is 1.53 bits per heavy atom. The van der Waals surface area contributed by atoms with Gasteiger partial charge in [0.25, 0.3) is 5.91 Å². The molecule has 6 nitrogen and oxygen atoms in total. The van der Waals surface area contributed by atoms with Crippen LogP contribution in [0.1, 0.15) is 60.9 Å². The maximum Gasteiger partial charge on any atom is 0.254 e. The summed E-state index contributed by atoms with van der Waals surface area (Å²) in [6, 6.07) is 14.5. The van der Waals surface area contributed by atoms with Crippen molar-refractivity contribution in [2.75, 3.05) is 14.2 Å². The third-order valence-corrected chi connectivity index (χ3v) is 8.55. The molecule has 0 saturated heterocycles. The maximum absolute atomic E-state index is 13.2. The first-order valence-electron chi connectivity index (χ1n) is 11.4. The Morgan fingerprint density at radius 1 is 0.906 bits per heavy atom. The number of methoxy groups -OCH3 is 1. The Hall–Kier alpha value is -2.38. The number of rotatable bonds is 8. The molecular formula is C25H32N2O4S. The van der Waals surface area contributed by atoms with E-state index in [0.717, 1.165) is 49.8 Å². The average Bonchev–Trinajstić information content (AvgIpc) is 3.68. The first kappa shape index (κ1) is 22.8. The van der Waals surface area contributed by atoms with Gasteiger partial charge >= 0.3 is 0 Å². The zero-order chi connectivity index (χ0) is 22.7. The van der Waals surface area contributed by atoms with E-state index in [9.17, 15) is 13.2 Å². The highest BCUT2D eigenvalue weighted by molar-refractivity contribution is 7.89. The molecule has 0 unspecified atom stereocenters. The molecule has 0 heterocycles. The fraction of sp³-hybridized carbons (Fsp3) is 0.480. The largest absolute Gasteiger partial charge is 0.497 e. The first-order valence-corrected chi connectivity index (χ1v) is 12.9. The predicted molar refractivity (Wildman–Crippen MR) is 124 cm³/mol. The number of benzene rings is 2. The van der Waals surface area contributed by atoms with Crippen LogP contribution in [0.5, 0.6) is 5.75 Å². The molecule has 0 radical (unpaired) electrons. The van der Waals surface area contributed by atoms with Crippen LogP contribution in [0.3, 0.4) is 0 Å². The second-order valence-corrected chi connectivity index (χ2v) is 10.8. The fourth-order valence-electron chi connectivity index (χ4n) is 4.42. The van der Waals surface area contributed by atoms with Gasteiger partial charge in [0.15, 0.2) is 0 Å². The van der Waals surface area contributed by atoms with E-state index in [-0.39, 0.29) is 22.9 Å². The third-order valence-electron chi connectivity index (χ3n) is 6.63. The van der Waals surface area contributed by atoms with Crippen LogP contribution in [0, 0.1) is 0 Å². The number of carbonyl (C=O) groups excluding carboxylic acids is 1. The molecule has 172 valence electrons. The molecule has 2 aliphatic carbocycles. The summed E-state index contributed by atoms with van der Waals surface area (Å²) in [6.45, 7) is 0.526. The van der Waals surface area contributed by atoms with Crippen LogP contribution >= 0.6 is 0 Å². The third kappa shape index (κ3) is 4.99. The highest BCUT2D eigenvalue weighted by Gasteiger charge is 2.34. The molecule has 0 atom stereocenters.